The van der Waals surface area contributed by atoms with Gasteiger partial charge in [-0.05, 0) is 18.6 Å². The molecule has 1 saturated heterocycles. The Morgan fingerprint density at radius 2 is 2.18 bits per heavy atom. The second-order valence-corrected chi connectivity index (χ2v) is 6.90. The van der Waals surface area contributed by atoms with Crippen LogP contribution in [-0.4, -0.2) is 34.5 Å². The summed E-state index contributed by atoms with van der Waals surface area (Å²) in [7, 11) is -2.91. The van der Waals surface area contributed by atoms with Gasteiger partial charge >= 0.3 is 0 Å². The molecule has 1 unspecified atom stereocenters. The van der Waals surface area contributed by atoms with Crippen molar-refractivity contribution in [1.29, 1.82) is 0 Å². The van der Waals surface area contributed by atoms with Gasteiger partial charge in [0, 0.05) is 12.1 Å². The first-order valence-electron chi connectivity index (χ1n) is 5.26. The number of halogens is 1. The van der Waals surface area contributed by atoms with Crippen LogP contribution in [0.25, 0.3) is 5.65 Å². The Morgan fingerprint density at radius 3 is 2.88 bits per heavy atom. The molecule has 7 heteroatoms. The van der Waals surface area contributed by atoms with E-state index in [-0.39, 0.29) is 17.4 Å². The van der Waals surface area contributed by atoms with E-state index < -0.39 is 9.84 Å². The average Bonchev–Trinajstić information content (AvgIpc) is 2.81. The second-order valence-electron chi connectivity index (χ2n) is 4.23. The molecule has 0 N–H and O–H groups in total. The van der Waals surface area contributed by atoms with Crippen molar-refractivity contribution in [2.24, 2.45) is 0 Å². The van der Waals surface area contributed by atoms with Gasteiger partial charge in [0.15, 0.2) is 15.5 Å². The molecular formula is C10H10ClN3O2S. The number of fused-ring (bicyclic) bond motifs is 1. The number of nitrogens with zero attached hydrogens (tertiary/aromatic N) is 3. The molecule has 0 amide bonds. The quantitative estimate of drug-likeness (QED) is 0.784. The van der Waals surface area contributed by atoms with Crippen LogP contribution in [0, 0.1) is 0 Å². The molecular weight excluding hydrogens is 262 g/mol. The summed E-state index contributed by atoms with van der Waals surface area (Å²) in [5, 5.41) is 8.67. The molecule has 0 spiro atoms. The van der Waals surface area contributed by atoms with Crippen molar-refractivity contribution in [3.8, 4) is 0 Å². The lowest BCUT2D eigenvalue weighted by Crippen LogP contribution is -2.07. The molecule has 1 aliphatic rings. The lowest BCUT2D eigenvalue weighted by molar-refractivity contribution is 0.601. The molecule has 1 aliphatic heterocycles. The van der Waals surface area contributed by atoms with E-state index in [1.54, 1.807) is 22.7 Å². The molecule has 17 heavy (non-hydrogen) atoms. The molecule has 0 aliphatic carbocycles. The number of aromatic nitrogens is 3. The van der Waals surface area contributed by atoms with Gasteiger partial charge in [0.05, 0.1) is 16.5 Å². The summed E-state index contributed by atoms with van der Waals surface area (Å²) < 4.78 is 24.7. The van der Waals surface area contributed by atoms with E-state index in [1.807, 2.05) is 0 Å². The van der Waals surface area contributed by atoms with Crippen LogP contribution in [0.15, 0.2) is 18.3 Å². The van der Waals surface area contributed by atoms with Gasteiger partial charge in [-0.25, -0.2) is 8.42 Å². The third kappa shape index (κ3) is 1.91. The highest BCUT2D eigenvalue weighted by atomic mass is 35.5. The molecule has 0 radical (unpaired) electrons. The molecule has 1 fully saturated rings. The zero-order chi connectivity index (χ0) is 12.0. The van der Waals surface area contributed by atoms with Crippen molar-refractivity contribution in [2.75, 3.05) is 11.5 Å². The first-order valence-corrected chi connectivity index (χ1v) is 7.46. The van der Waals surface area contributed by atoms with E-state index in [0.717, 1.165) is 0 Å². The summed E-state index contributed by atoms with van der Waals surface area (Å²) in [5.74, 6) is 0.991. The van der Waals surface area contributed by atoms with Crippen LogP contribution in [0.1, 0.15) is 18.2 Å². The van der Waals surface area contributed by atoms with Gasteiger partial charge in [-0.3, -0.25) is 4.40 Å². The van der Waals surface area contributed by atoms with Crippen LogP contribution in [0.4, 0.5) is 0 Å². The van der Waals surface area contributed by atoms with Gasteiger partial charge in [-0.1, -0.05) is 11.6 Å². The fourth-order valence-electron chi connectivity index (χ4n) is 2.16. The Bertz CT molecular complexity index is 680. The second kappa shape index (κ2) is 3.68. The number of hydrogen-bond acceptors (Lipinski definition) is 4. The highest BCUT2D eigenvalue weighted by Gasteiger charge is 2.32. The van der Waals surface area contributed by atoms with Crippen LogP contribution >= 0.6 is 11.6 Å². The highest BCUT2D eigenvalue weighted by molar-refractivity contribution is 7.91. The minimum atomic E-state index is -2.91. The first-order chi connectivity index (χ1) is 8.05. The standard InChI is InChI=1S/C10H10ClN3O2S/c11-8-1-2-9-12-13-10(14(9)5-8)7-3-4-17(15,16)6-7/h1-2,5,7H,3-4,6H2. The zero-order valence-corrected chi connectivity index (χ0v) is 10.4. The molecule has 5 nitrogen and oxygen atoms in total. The topological polar surface area (TPSA) is 64.3 Å². The van der Waals surface area contributed by atoms with Crippen LogP contribution in [0.2, 0.25) is 5.02 Å². The summed E-state index contributed by atoms with van der Waals surface area (Å²) in [6.07, 6.45) is 2.33. The van der Waals surface area contributed by atoms with E-state index >= 15 is 0 Å². The van der Waals surface area contributed by atoms with Crippen molar-refractivity contribution in [2.45, 2.75) is 12.3 Å². The van der Waals surface area contributed by atoms with Crippen LogP contribution in [0.3, 0.4) is 0 Å². The minimum Gasteiger partial charge on any atom is -0.285 e. The molecule has 3 rings (SSSR count). The van der Waals surface area contributed by atoms with Gasteiger partial charge in [0.25, 0.3) is 0 Å². The molecule has 2 aromatic rings. The Hall–Kier alpha value is -1.14. The van der Waals surface area contributed by atoms with Crippen molar-refractivity contribution < 1.29 is 8.42 Å². The van der Waals surface area contributed by atoms with Gasteiger partial charge in [0.2, 0.25) is 0 Å². The zero-order valence-electron chi connectivity index (χ0n) is 8.88. The predicted molar refractivity (Wildman–Crippen MR) is 64.0 cm³/mol. The van der Waals surface area contributed by atoms with Crippen molar-refractivity contribution in [1.82, 2.24) is 14.6 Å². The maximum atomic E-state index is 11.5. The molecule has 90 valence electrons. The van der Waals surface area contributed by atoms with Gasteiger partial charge in [-0.15, -0.1) is 10.2 Å². The lowest BCUT2D eigenvalue weighted by atomic mass is 10.1. The summed E-state index contributed by atoms with van der Waals surface area (Å²) in [6, 6.07) is 3.50. The van der Waals surface area contributed by atoms with Crippen molar-refractivity contribution in [3.63, 3.8) is 0 Å². The fourth-order valence-corrected chi connectivity index (χ4v) is 4.06. The lowest BCUT2D eigenvalue weighted by Gasteiger charge is -2.05. The molecule has 3 heterocycles. The molecule has 0 aromatic carbocycles. The van der Waals surface area contributed by atoms with E-state index in [1.165, 1.54) is 0 Å². The SMILES string of the molecule is O=S1(=O)CCC(c2nnc3ccc(Cl)cn23)C1. The van der Waals surface area contributed by atoms with Crippen molar-refractivity contribution >= 4 is 27.1 Å². The Labute approximate surface area is 103 Å². The Balaban J connectivity index is 2.09. The van der Waals surface area contributed by atoms with Crippen LogP contribution < -0.4 is 0 Å². The third-order valence-corrected chi connectivity index (χ3v) is 4.98. The third-order valence-electron chi connectivity index (χ3n) is 2.99. The van der Waals surface area contributed by atoms with E-state index in [2.05, 4.69) is 10.2 Å². The van der Waals surface area contributed by atoms with Crippen molar-refractivity contribution in [3.05, 3.63) is 29.2 Å². The summed E-state index contributed by atoms with van der Waals surface area (Å²) >= 11 is 5.92. The normalized spacial score (nSPS) is 23.2. The van der Waals surface area contributed by atoms with E-state index in [9.17, 15) is 8.42 Å². The maximum Gasteiger partial charge on any atom is 0.160 e. The number of sulfone groups is 1. The van der Waals surface area contributed by atoms with E-state index in [0.29, 0.717) is 22.9 Å². The minimum absolute atomic E-state index is 0.0755. The smallest absolute Gasteiger partial charge is 0.160 e. The van der Waals surface area contributed by atoms with Gasteiger partial charge < -0.3 is 0 Å². The fraction of sp³-hybridized carbons (Fsp3) is 0.400. The number of pyridine rings is 1. The summed E-state index contributed by atoms with van der Waals surface area (Å²) in [4.78, 5) is 0. The number of hydrogen-bond donors (Lipinski definition) is 0. The van der Waals surface area contributed by atoms with Crippen LogP contribution in [-0.2, 0) is 9.84 Å². The van der Waals surface area contributed by atoms with E-state index in [4.69, 9.17) is 11.6 Å². The Morgan fingerprint density at radius 1 is 1.35 bits per heavy atom. The molecule has 0 saturated carbocycles. The largest absolute Gasteiger partial charge is 0.285 e. The average molecular weight is 272 g/mol. The molecule has 0 bridgehead atoms. The Kier molecular flexibility index (Phi) is 2.38. The first kappa shape index (κ1) is 11.0. The van der Waals surface area contributed by atoms with Crippen LogP contribution in [0.5, 0.6) is 0 Å². The van der Waals surface area contributed by atoms with Gasteiger partial charge in [0.1, 0.15) is 5.82 Å². The maximum absolute atomic E-state index is 11.5. The predicted octanol–water partition coefficient (Wildman–Crippen LogP) is 1.28. The summed E-state index contributed by atoms with van der Waals surface area (Å²) in [6.45, 7) is 0. The summed E-state index contributed by atoms with van der Waals surface area (Å²) in [5.41, 5.74) is 0.689. The molecule has 1 atom stereocenters. The molecule has 2 aromatic heterocycles. The monoisotopic (exact) mass is 271 g/mol. The highest BCUT2D eigenvalue weighted by Crippen LogP contribution is 2.28. The number of rotatable bonds is 1. The van der Waals surface area contributed by atoms with Gasteiger partial charge in [-0.2, -0.15) is 0 Å².